The van der Waals surface area contributed by atoms with Crippen molar-refractivity contribution in [2.45, 2.75) is 33.0 Å². The highest BCUT2D eigenvalue weighted by Crippen LogP contribution is 2.31. The van der Waals surface area contributed by atoms with Gasteiger partial charge in [-0.25, -0.2) is 4.98 Å². The maximum Gasteiger partial charge on any atom is 0.416 e. The highest BCUT2D eigenvalue weighted by atomic mass is 19.4. The molecule has 0 saturated carbocycles. The van der Waals surface area contributed by atoms with Crippen LogP contribution in [0, 0.1) is 11.8 Å². The second kappa shape index (κ2) is 7.02. The van der Waals surface area contributed by atoms with Gasteiger partial charge in [-0.15, -0.1) is 0 Å². The van der Waals surface area contributed by atoms with Gasteiger partial charge in [-0.1, -0.05) is 32.9 Å². The van der Waals surface area contributed by atoms with Gasteiger partial charge < -0.3 is 5.32 Å². The SMILES string of the molecule is CC(C)C(C)C(=O)NC(c1cccc(C(F)(F)F)c1)c1ncn[nH]1. The lowest BCUT2D eigenvalue weighted by Crippen LogP contribution is -2.36. The number of nitrogens with zero attached hydrogens (tertiary/aromatic N) is 2. The number of aromatic nitrogens is 3. The number of nitrogens with one attached hydrogen (secondary N) is 2. The number of hydrogen-bond donors (Lipinski definition) is 2. The maximum atomic E-state index is 12.9. The molecule has 24 heavy (non-hydrogen) atoms. The first-order valence-electron chi connectivity index (χ1n) is 7.53. The fraction of sp³-hybridized carbons (Fsp3) is 0.438. The molecule has 1 heterocycles. The molecule has 2 unspecified atom stereocenters. The van der Waals surface area contributed by atoms with Gasteiger partial charge in [0.2, 0.25) is 5.91 Å². The molecule has 2 N–H and O–H groups in total. The third-order valence-electron chi connectivity index (χ3n) is 3.95. The van der Waals surface area contributed by atoms with Crippen LogP contribution in [-0.2, 0) is 11.0 Å². The van der Waals surface area contributed by atoms with E-state index in [2.05, 4.69) is 20.5 Å². The summed E-state index contributed by atoms with van der Waals surface area (Å²) in [6.07, 6.45) is -3.22. The topological polar surface area (TPSA) is 70.7 Å². The van der Waals surface area contributed by atoms with Crippen LogP contribution in [0.4, 0.5) is 13.2 Å². The molecule has 5 nitrogen and oxygen atoms in total. The lowest BCUT2D eigenvalue weighted by atomic mass is 9.96. The Morgan fingerprint density at radius 3 is 2.50 bits per heavy atom. The molecule has 0 saturated heterocycles. The fourth-order valence-corrected chi connectivity index (χ4v) is 2.13. The molecule has 0 aliphatic rings. The van der Waals surface area contributed by atoms with Crippen LogP contribution < -0.4 is 5.32 Å². The van der Waals surface area contributed by atoms with Crippen LogP contribution >= 0.6 is 0 Å². The van der Waals surface area contributed by atoms with Gasteiger partial charge in [-0.3, -0.25) is 9.89 Å². The minimum atomic E-state index is -4.46. The van der Waals surface area contributed by atoms with E-state index in [1.807, 2.05) is 13.8 Å². The Morgan fingerprint density at radius 1 is 1.25 bits per heavy atom. The van der Waals surface area contributed by atoms with Crippen molar-refractivity contribution >= 4 is 5.91 Å². The van der Waals surface area contributed by atoms with E-state index in [4.69, 9.17) is 0 Å². The third kappa shape index (κ3) is 4.12. The molecule has 0 aliphatic heterocycles. The van der Waals surface area contributed by atoms with Crippen LogP contribution in [0.3, 0.4) is 0 Å². The van der Waals surface area contributed by atoms with E-state index < -0.39 is 17.8 Å². The van der Waals surface area contributed by atoms with Crippen LogP contribution in [0.25, 0.3) is 0 Å². The van der Waals surface area contributed by atoms with Gasteiger partial charge in [0.25, 0.3) is 0 Å². The molecule has 0 aliphatic carbocycles. The van der Waals surface area contributed by atoms with E-state index in [9.17, 15) is 18.0 Å². The van der Waals surface area contributed by atoms with E-state index in [1.54, 1.807) is 6.92 Å². The number of H-pyrrole nitrogens is 1. The van der Waals surface area contributed by atoms with Crippen molar-refractivity contribution in [3.63, 3.8) is 0 Å². The van der Waals surface area contributed by atoms with Crippen LogP contribution in [-0.4, -0.2) is 21.1 Å². The van der Waals surface area contributed by atoms with Crippen LogP contribution in [0.2, 0.25) is 0 Å². The molecule has 2 atom stereocenters. The molecule has 8 heteroatoms. The molecule has 1 amide bonds. The van der Waals surface area contributed by atoms with Gasteiger partial charge in [-0.05, 0) is 23.6 Å². The van der Waals surface area contributed by atoms with Gasteiger partial charge >= 0.3 is 6.18 Å². The standard InChI is InChI=1S/C16H19F3N4O/c1-9(2)10(3)15(24)22-13(14-20-8-21-23-14)11-5-4-6-12(7-11)16(17,18)19/h4-10,13H,1-3H3,(H,22,24)(H,20,21,23). The van der Waals surface area contributed by atoms with Gasteiger partial charge in [0.1, 0.15) is 12.4 Å². The number of hydrogen-bond acceptors (Lipinski definition) is 3. The molecule has 130 valence electrons. The van der Waals surface area contributed by atoms with Crippen molar-refractivity contribution < 1.29 is 18.0 Å². The van der Waals surface area contributed by atoms with Gasteiger partial charge in [0, 0.05) is 5.92 Å². The number of carbonyl (C=O) groups is 1. The fourth-order valence-electron chi connectivity index (χ4n) is 2.13. The largest absolute Gasteiger partial charge is 0.416 e. The van der Waals surface area contributed by atoms with Gasteiger partial charge in [0.05, 0.1) is 5.56 Å². The Hall–Kier alpha value is -2.38. The van der Waals surface area contributed by atoms with E-state index in [1.165, 1.54) is 18.5 Å². The summed E-state index contributed by atoms with van der Waals surface area (Å²) in [5.74, 6) is -0.175. The summed E-state index contributed by atoms with van der Waals surface area (Å²) in [6.45, 7) is 5.57. The third-order valence-corrected chi connectivity index (χ3v) is 3.95. The van der Waals surface area contributed by atoms with E-state index >= 15 is 0 Å². The lowest BCUT2D eigenvalue weighted by Gasteiger charge is -2.22. The minimum Gasteiger partial charge on any atom is -0.342 e. The number of benzene rings is 1. The predicted octanol–water partition coefficient (Wildman–Crippen LogP) is 3.32. The Balaban J connectivity index is 2.36. The maximum absolute atomic E-state index is 12.9. The summed E-state index contributed by atoms with van der Waals surface area (Å²) in [5, 5.41) is 9.08. The summed E-state index contributed by atoms with van der Waals surface area (Å²) >= 11 is 0. The molecule has 0 spiro atoms. The van der Waals surface area contributed by atoms with Gasteiger partial charge in [-0.2, -0.15) is 18.3 Å². The number of amides is 1. The first-order valence-corrected chi connectivity index (χ1v) is 7.53. The summed E-state index contributed by atoms with van der Waals surface area (Å²) in [5.41, 5.74) is -0.499. The second-order valence-corrected chi connectivity index (χ2v) is 5.97. The Bertz CT molecular complexity index is 683. The zero-order valence-electron chi connectivity index (χ0n) is 13.6. The van der Waals surface area contributed by atoms with Crippen molar-refractivity contribution in [1.82, 2.24) is 20.5 Å². The van der Waals surface area contributed by atoms with E-state index in [0.717, 1.165) is 12.1 Å². The predicted molar refractivity (Wildman–Crippen MR) is 81.8 cm³/mol. The summed E-state index contributed by atoms with van der Waals surface area (Å²) in [6, 6.07) is 3.98. The normalized spacial score (nSPS) is 14.5. The number of aromatic amines is 1. The molecule has 1 aromatic heterocycles. The van der Waals surface area contributed by atoms with Crippen LogP contribution in [0.1, 0.15) is 43.8 Å². The van der Waals surface area contributed by atoms with Crippen molar-refractivity contribution in [2.24, 2.45) is 11.8 Å². The molecule has 0 radical (unpaired) electrons. The molecule has 2 rings (SSSR count). The molecular weight excluding hydrogens is 321 g/mol. The number of rotatable bonds is 5. The monoisotopic (exact) mass is 340 g/mol. The van der Waals surface area contributed by atoms with Crippen molar-refractivity contribution in [3.05, 3.63) is 47.5 Å². The second-order valence-electron chi connectivity index (χ2n) is 5.97. The first kappa shape index (κ1) is 18.0. The average molecular weight is 340 g/mol. The van der Waals surface area contributed by atoms with Crippen molar-refractivity contribution in [1.29, 1.82) is 0 Å². The molecule has 2 aromatic rings. The summed E-state index contributed by atoms with van der Waals surface area (Å²) < 4.78 is 38.8. The average Bonchev–Trinajstić information content (AvgIpc) is 3.04. The van der Waals surface area contributed by atoms with Crippen molar-refractivity contribution in [2.75, 3.05) is 0 Å². The molecule has 0 bridgehead atoms. The molecule has 0 fully saturated rings. The van der Waals surface area contributed by atoms with Crippen LogP contribution in [0.5, 0.6) is 0 Å². The summed E-state index contributed by atoms with van der Waals surface area (Å²) in [7, 11) is 0. The highest BCUT2D eigenvalue weighted by molar-refractivity contribution is 5.79. The minimum absolute atomic E-state index is 0.0990. The Morgan fingerprint density at radius 2 is 1.96 bits per heavy atom. The van der Waals surface area contributed by atoms with E-state index in [-0.39, 0.29) is 29.1 Å². The Labute approximate surface area is 137 Å². The van der Waals surface area contributed by atoms with Crippen molar-refractivity contribution in [3.8, 4) is 0 Å². The first-order chi connectivity index (χ1) is 11.2. The number of carbonyl (C=O) groups excluding carboxylic acids is 1. The molecular formula is C16H19F3N4O. The molecule has 1 aromatic carbocycles. The zero-order chi connectivity index (χ0) is 17.9. The number of halogens is 3. The smallest absolute Gasteiger partial charge is 0.342 e. The lowest BCUT2D eigenvalue weighted by molar-refractivity contribution is -0.137. The summed E-state index contributed by atoms with van der Waals surface area (Å²) in [4.78, 5) is 16.3. The number of alkyl halides is 3. The van der Waals surface area contributed by atoms with E-state index in [0.29, 0.717) is 0 Å². The zero-order valence-corrected chi connectivity index (χ0v) is 13.6. The Kier molecular flexibility index (Phi) is 5.26. The van der Waals surface area contributed by atoms with Crippen LogP contribution in [0.15, 0.2) is 30.6 Å². The highest BCUT2D eigenvalue weighted by Gasteiger charge is 2.32. The quantitative estimate of drug-likeness (QED) is 0.877. The van der Waals surface area contributed by atoms with Gasteiger partial charge in [0.15, 0.2) is 5.82 Å².